The molecule has 11 rings (SSSR count). The molecule has 0 fully saturated rings. The number of fused-ring (bicyclic) bond motifs is 4. The maximum absolute atomic E-state index is 2.45. The van der Waals surface area contributed by atoms with Gasteiger partial charge in [-0.15, -0.1) is 0 Å². The van der Waals surface area contributed by atoms with E-state index < -0.39 is 0 Å². The van der Waals surface area contributed by atoms with E-state index in [1.165, 1.54) is 60.4 Å². The molecule has 1 aromatic heterocycles. The fourth-order valence-corrected chi connectivity index (χ4v) is 8.96. The minimum absolute atomic E-state index is 1.07. The predicted octanol–water partition coefficient (Wildman–Crippen LogP) is 16.1. The summed E-state index contributed by atoms with van der Waals surface area (Å²) in [5.74, 6) is 0. The summed E-state index contributed by atoms with van der Waals surface area (Å²) in [5, 5.41) is 4.92. The molecule has 0 saturated carbocycles. The van der Waals surface area contributed by atoms with Gasteiger partial charge in [0.15, 0.2) is 0 Å². The summed E-state index contributed by atoms with van der Waals surface area (Å²) in [6.45, 7) is 0. The lowest BCUT2D eigenvalue weighted by Gasteiger charge is -2.28. The van der Waals surface area contributed by atoms with Crippen molar-refractivity contribution >= 4 is 49.6 Å². The summed E-state index contributed by atoms with van der Waals surface area (Å²) < 4.78 is 2.40. The zero-order valence-electron chi connectivity index (χ0n) is 33.0. The molecule has 0 atom stereocenters. The second-order valence-corrected chi connectivity index (χ2v) is 15.3. The summed E-state index contributed by atoms with van der Waals surface area (Å²) in [6, 6.07) is 88.1. The van der Waals surface area contributed by atoms with Crippen LogP contribution in [-0.2, 0) is 0 Å². The van der Waals surface area contributed by atoms with Gasteiger partial charge in [0.2, 0.25) is 0 Å². The van der Waals surface area contributed by atoms with E-state index in [0.29, 0.717) is 0 Å². The normalized spacial score (nSPS) is 11.3. The molecule has 0 saturated heterocycles. The molecule has 0 aliphatic rings. The van der Waals surface area contributed by atoms with Crippen molar-refractivity contribution in [2.45, 2.75) is 0 Å². The molecule has 0 aliphatic heterocycles. The molecule has 10 aromatic carbocycles. The number of anilines is 3. The molecular formula is C58H40N2. The van der Waals surface area contributed by atoms with Crippen LogP contribution in [0.2, 0.25) is 0 Å². The van der Waals surface area contributed by atoms with Crippen molar-refractivity contribution < 1.29 is 0 Å². The fraction of sp³-hybridized carbons (Fsp3) is 0. The van der Waals surface area contributed by atoms with Crippen LogP contribution in [0.4, 0.5) is 17.1 Å². The molecule has 60 heavy (non-hydrogen) atoms. The third-order valence-corrected chi connectivity index (χ3v) is 11.7. The first-order valence-corrected chi connectivity index (χ1v) is 20.6. The molecule has 0 spiro atoms. The second-order valence-electron chi connectivity index (χ2n) is 15.3. The Morgan fingerprint density at radius 2 is 0.800 bits per heavy atom. The summed E-state index contributed by atoms with van der Waals surface area (Å²) in [4.78, 5) is 2.45. The van der Waals surface area contributed by atoms with Crippen LogP contribution in [-0.4, -0.2) is 4.57 Å². The van der Waals surface area contributed by atoms with Crippen molar-refractivity contribution in [2.75, 3.05) is 4.90 Å². The Hall–Kier alpha value is -7.94. The predicted molar refractivity (Wildman–Crippen MR) is 255 cm³/mol. The first kappa shape index (κ1) is 35.2. The van der Waals surface area contributed by atoms with Crippen LogP contribution in [0, 0.1) is 0 Å². The Morgan fingerprint density at radius 3 is 1.50 bits per heavy atom. The number of rotatable bonds is 8. The molecule has 2 nitrogen and oxygen atoms in total. The van der Waals surface area contributed by atoms with Crippen LogP contribution >= 0.6 is 0 Å². The Labute approximate surface area is 350 Å². The molecule has 0 radical (unpaired) electrons. The van der Waals surface area contributed by atoms with E-state index in [0.717, 1.165) is 39.4 Å². The third-order valence-electron chi connectivity index (χ3n) is 11.7. The molecule has 0 bridgehead atoms. The largest absolute Gasteiger partial charge is 0.310 e. The fourth-order valence-electron chi connectivity index (χ4n) is 8.96. The minimum Gasteiger partial charge on any atom is -0.310 e. The van der Waals surface area contributed by atoms with Gasteiger partial charge in [-0.2, -0.15) is 0 Å². The third kappa shape index (κ3) is 6.32. The number of hydrogen-bond acceptors (Lipinski definition) is 1. The highest BCUT2D eigenvalue weighted by Crippen LogP contribution is 2.45. The van der Waals surface area contributed by atoms with E-state index in [4.69, 9.17) is 0 Å². The van der Waals surface area contributed by atoms with Gasteiger partial charge in [-0.05, 0) is 116 Å². The molecule has 282 valence electrons. The highest BCUT2D eigenvalue weighted by molar-refractivity contribution is 6.10. The highest BCUT2D eigenvalue weighted by Gasteiger charge is 2.21. The minimum atomic E-state index is 1.07. The Morgan fingerprint density at radius 1 is 0.267 bits per heavy atom. The van der Waals surface area contributed by atoms with Crippen molar-refractivity contribution in [1.29, 1.82) is 0 Å². The number of para-hydroxylation sites is 2. The quantitative estimate of drug-likeness (QED) is 0.150. The van der Waals surface area contributed by atoms with Gasteiger partial charge in [0.1, 0.15) is 0 Å². The van der Waals surface area contributed by atoms with Gasteiger partial charge in [-0.1, -0.05) is 182 Å². The summed E-state index contributed by atoms with van der Waals surface area (Å²) in [5.41, 5.74) is 16.1. The van der Waals surface area contributed by atoms with Crippen LogP contribution in [0.1, 0.15) is 0 Å². The zero-order chi connectivity index (χ0) is 39.8. The lowest BCUT2D eigenvalue weighted by Crippen LogP contribution is -2.11. The van der Waals surface area contributed by atoms with E-state index in [1.54, 1.807) is 0 Å². The summed E-state index contributed by atoms with van der Waals surface area (Å²) in [7, 11) is 0. The lowest BCUT2D eigenvalue weighted by molar-refractivity contribution is 1.18. The smallest absolute Gasteiger partial charge is 0.0561 e. The molecular weight excluding hydrogens is 725 g/mol. The maximum atomic E-state index is 2.45. The number of nitrogens with zero attached hydrogens (tertiary/aromatic N) is 2. The van der Waals surface area contributed by atoms with E-state index in [2.05, 4.69) is 252 Å². The number of benzene rings is 10. The molecule has 0 N–H and O–H groups in total. The van der Waals surface area contributed by atoms with Gasteiger partial charge in [-0.3, -0.25) is 0 Å². The van der Waals surface area contributed by atoms with Gasteiger partial charge < -0.3 is 9.47 Å². The molecule has 2 heteroatoms. The maximum Gasteiger partial charge on any atom is 0.0561 e. The molecule has 0 unspecified atom stereocenters. The van der Waals surface area contributed by atoms with Crippen LogP contribution in [0.15, 0.2) is 243 Å². The summed E-state index contributed by atoms with van der Waals surface area (Å²) in [6.07, 6.45) is 0. The summed E-state index contributed by atoms with van der Waals surface area (Å²) >= 11 is 0. The van der Waals surface area contributed by atoms with Crippen molar-refractivity contribution in [3.05, 3.63) is 243 Å². The number of hydrogen-bond donors (Lipinski definition) is 0. The standard InChI is InChI=1S/C58H40N2/c1-5-18-41(19-6-1)45-36-46(42-20-7-2-8-21-42)38-50(37-45)59(49-33-35-55-54-29-15-16-31-57(54)60(58(55)40-49)47-26-11-4-12-27-47)48-32-34-53(56(39-48)44-22-9-3-10-23-44)52-30-17-25-43-24-13-14-28-51(43)52/h1-40H. The highest BCUT2D eigenvalue weighted by atomic mass is 15.1. The van der Waals surface area contributed by atoms with Crippen molar-refractivity contribution in [3.8, 4) is 50.2 Å². The molecule has 0 aliphatic carbocycles. The zero-order valence-corrected chi connectivity index (χ0v) is 33.0. The Bertz CT molecular complexity index is 3230. The average Bonchev–Trinajstić information content (AvgIpc) is 3.66. The molecule has 0 amide bonds. The van der Waals surface area contributed by atoms with Crippen LogP contribution in [0.25, 0.3) is 82.8 Å². The Balaban J connectivity index is 1.21. The van der Waals surface area contributed by atoms with E-state index >= 15 is 0 Å². The lowest BCUT2D eigenvalue weighted by atomic mass is 9.90. The van der Waals surface area contributed by atoms with Gasteiger partial charge in [0.25, 0.3) is 0 Å². The van der Waals surface area contributed by atoms with Crippen LogP contribution < -0.4 is 4.90 Å². The van der Waals surface area contributed by atoms with Crippen molar-refractivity contribution in [3.63, 3.8) is 0 Å². The van der Waals surface area contributed by atoms with Crippen molar-refractivity contribution in [1.82, 2.24) is 4.57 Å². The topological polar surface area (TPSA) is 8.17 Å². The number of aromatic nitrogens is 1. The average molecular weight is 765 g/mol. The monoisotopic (exact) mass is 764 g/mol. The Kier molecular flexibility index (Phi) is 8.87. The first-order valence-electron chi connectivity index (χ1n) is 20.6. The van der Waals surface area contributed by atoms with Crippen LogP contribution in [0.3, 0.4) is 0 Å². The van der Waals surface area contributed by atoms with Crippen molar-refractivity contribution in [2.24, 2.45) is 0 Å². The van der Waals surface area contributed by atoms with Gasteiger partial charge >= 0.3 is 0 Å². The van der Waals surface area contributed by atoms with Gasteiger partial charge in [0.05, 0.1) is 11.0 Å². The van der Waals surface area contributed by atoms with E-state index in [1.807, 2.05) is 0 Å². The SMILES string of the molecule is c1ccc(-c2cc(-c3ccccc3)cc(N(c3ccc(-c4cccc5ccccc45)c(-c4ccccc4)c3)c3ccc4c5ccccc5n(-c5ccccc5)c4c3)c2)cc1. The first-order chi connectivity index (χ1) is 29.8. The van der Waals surface area contributed by atoms with Gasteiger partial charge in [0, 0.05) is 33.5 Å². The second kappa shape index (κ2) is 15.1. The molecule has 1 heterocycles. The van der Waals surface area contributed by atoms with E-state index in [9.17, 15) is 0 Å². The van der Waals surface area contributed by atoms with Gasteiger partial charge in [-0.25, -0.2) is 0 Å². The molecule has 11 aromatic rings. The van der Waals surface area contributed by atoms with Crippen LogP contribution in [0.5, 0.6) is 0 Å². The van der Waals surface area contributed by atoms with E-state index in [-0.39, 0.29) is 0 Å².